The molecule has 2 rings (SSSR count). The van der Waals surface area contributed by atoms with Gasteiger partial charge in [0.25, 0.3) is 0 Å². The zero-order valence-corrected chi connectivity index (χ0v) is 18.9. The van der Waals surface area contributed by atoms with Crippen LogP contribution in [0.1, 0.15) is 25.6 Å². The number of hydrogen-bond donors (Lipinski definition) is 2. The van der Waals surface area contributed by atoms with Crippen LogP contribution in [0.15, 0.2) is 70.4 Å². The Bertz CT molecular complexity index is 873. The number of thiophene rings is 1. The van der Waals surface area contributed by atoms with E-state index in [-0.39, 0.29) is 6.03 Å². The second-order valence-corrected chi connectivity index (χ2v) is 8.70. The van der Waals surface area contributed by atoms with E-state index in [4.69, 9.17) is 5.73 Å². The third kappa shape index (κ3) is 6.76. The number of allylic oxidation sites excluding steroid dienone is 3. The fraction of sp³-hybridized carbons (Fsp3) is 0.348. The Kier molecular flexibility index (Phi) is 8.05. The summed E-state index contributed by atoms with van der Waals surface area (Å²) in [6.45, 7) is 12.2. The van der Waals surface area contributed by atoms with Crippen LogP contribution in [0.3, 0.4) is 0 Å². The summed E-state index contributed by atoms with van der Waals surface area (Å²) in [5.74, 6) is 0. The number of nitrogens with two attached hydrogens (primary N) is 1. The smallest absolute Gasteiger partial charge is 0.322 e. The maximum Gasteiger partial charge on any atom is 0.322 e. The van der Waals surface area contributed by atoms with Gasteiger partial charge in [-0.3, -0.25) is 0 Å². The van der Waals surface area contributed by atoms with Crippen molar-refractivity contribution in [3.05, 3.63) is 75.3 Å². The first-order valence-electron chi connectivity index (χ1n) is 9.61. The third-order valence-electron chi connectivity index (χ3n) is 4.64. The summed E-state index contributed by atoms with van der Waals surface area (Å²) in [6.07, 6.45) is 5.91. The number of nitrogens with zero attached hydrogens (tertiary/aromatic N) is 2. The van der Waals surface area contributed by atoms with Crippen LogP contribution in [-0.2, 0) is 0 Å². The van der Waals surface area contributed by atoms with Gasteiger partial charge in [0.2, 0.25) is 0 Å². The van der Waals surface area contributed by atoms with Crippen LogP contribution in [0.4, 0.5) is 4.79 Å². The molecule has 0 atom stereocenters. The Morgan fingerprint density at radius 1 is 1.34 bits per heavy atom. The van der Waals surface area contributed by atoms with Crippen LogP contribution in [-0.4, -0.2) is 49.6 Å². The molecular formula is C23H32N4OS. The Hall–Kier alpha value is -2.57. The molecule has 0 saturated carbocycles. The summed E-state index contributed by atoms with van der Waals surface area (Å²) in [4.78, 5) is 17.7. The monoisotopic (exact) mass is 412 g/mol. The van der Waals surface area contributed by atoms with Crippen LogP contribution in [0.2, 0.25) is 0 Å². The summed E-state index contributed by atoms with van der Waals surface area (Å²) in [7, 11) is 4.10. The number of hydrogen-bond acceptors (Lipinski definition) is 4. The highest BCUT2D eigenvalue weighted by Crippen LogP contribution is 2.21. The first-order valence-corrected chi connectivity index (χ1v) is 10.5. The molecule has 5 nitrogen and oxygen atoms in total. The molecule has 0 bridgehead atoms. The van der Waals surface area contributed by atoms with E-state index < -0.39 is 0 Å². The van der Waals surface area contributed by atoms with Gasteiger partial charge in [0.15, 0.2) is 0 Å². The van der Waals surface area contributed by atoms with Gasteiger partial charge in [-0.1, -0.05) is 30.4 Å². The van der Waals surface area contributed by atoms with Crippen molar-refractivity contribution in [3.63, 3.8) is 0 Å². The van der Waals surface area contributed by atoms with Gasteiger partial charge in [-0.2, -0.15) is 0 Å². The molecule has 0 radical (unpaired) electrons. The lowest BCUT2D eigenvalue weighted by Gasteiger charge is -2.18. The van der Waals surface area contributed by atoms with E-state index in [1.54, 1.807) is 22.3 Å². The van der Waals surface area contributed by atoms with Gasteiger partial charge in [-0.05, 0) is 69.1 Å². The van der Waals surface area contributed by atoms with Crippen molar-refractivity contribution in [2.75, 3.05) is 33.7 Å². The third-order valence-corrected chi connectivity index (χ3v) is 5.65. The first kappa shape index (κ1) is 22.7. The standard InChI is InChI=1S/C23H32N4OS/c1-16(13-26(5)6)12-20-15-27(14-18(20)3)23(28)25-19(4)21(24)10-9-17(2)22-8-7-11-29-22/h7-12H,4,13-15,24H2,1-3,5-6H3,(H,25,28)/b16-12+,17-9+,21-10+. The fourth-order valence-electron chi connectivity index (χ4n) is 3.12. The Morgan fingerprint density at radius 2 is 2.07 bits per heavy atom. The molecule has 2 amide bonds. The Labute approximate surface area is 178 Å². The lowest BCUT2D eigenvalue weighted by Crippen LogP contribution is -2.39. The van der Waals surface area contributed by atoms with Crippen LogP contribution < -0.4 is 11.1 Å². The summed E-state index contributed by atoms with van der Waals surface area (Å²) >= 11 is 1.68. The molecule has 6 heteroatoms. The highest BCUT2D eigenvalue weighted by atomic mass is 32.1. The van der Waals surface area contributed by atoms with E-state index in [1.807, 2.05) is 38.5 Å². The van der Waals surface area contributed by atoms with Crippen LogP contribution in [0, 0.1) is 0 Å². The van der Waals surface area contributed by atoms with Crippen molar-refractivity contribution in [1.29, 1.82) is 0 Å². The average molecular weight is 413 g/mol. The molecule has 2 heterocycles. The molecule has 1 aliphatic rings. The van der Waals surface area contributed by atoms with Gasteiger partial charge >= 0.3 is 6.03 Å². The van der Waals surface area contributed by atoms with E-state index in [2.05, 4.69) is 42.8 Å². The maximum atomic E-state index is 12.6. The molecular weight excluding hydrogens is 380 g/mol. The second-order valence-electron chi connectivity index (χ2n) is 7.75. The second kappa shape index (κ2) is 10.3. The lowest BCUT2D eigenvalue weighted by atomic mass is 10.1. The van der Waals surface area contributed by atoms with E-state index in [0.717, 1.165) is 12.1 Å². The molecule has 0 aromatic carbocycles. The summed E-state index contributed by atoms with van der Waals surface area (Å²) in [5, 5.41) is 4.86. The zero-order valence-electron chi connectivity index (χ0n) is 18.1. The molecule has 0 unspecified atom stereocenters. The number of amides is 2. The maximum absolute atomic E-state index is 12.6. The fourth-order valence-corrected chi connectivity index (χ4v) is 3.83. The summed E-state index contributed by atoms with van der Waals surface area (Å²) in [5.41, 5.74) is 11.8. The molecule has 1 aromatic rings. The van der Waals surface area contributed by atoms with Gasteiger partial charge < -0.3 is 20.9 Å². The van der Waals surface area contributed by atoms with Gasteiger partial charge in [0.1, 0.15) is 0 Å². The predicted molar refractivity (Wildman–Crippen MR) is 124 cm³/mol. The SMILES string of the molecule is C=C(NC(=O)N1CC(C)=C(/C=C(\C)CN(C)C)C1)/C(N)=C\C=C(/C)c1cccs1. The van der Waals surface area contributed by atoms with E-state index >= 15 is 0 Å². The summed E-state index contributed by atoms with van der Waals surface area (Å²) < 4.78 is 0. The molecule has 156 valence electrons. The van der Waals surface area contributed by atoms with Gasteiger partial charge in [-0.15, -0.1) is 11.3 Å². The topological polar surface area (TPSA) is 61.6 Å². The average Bonchev–Trinajstić information content (AvgIpc) is 3.29. The molecule has 1 aromatic heterocycles. The normalized spacial score (nSPS) is 16.1. The molecule has 1 aliphatic heterocycles. The van der Waals surface area contributed by atoms with Crippen molar-refractivity contribution in [2.24, 2.45) is 5.73 Å². The highest BCUT2D eigenvalue weighted by molar-refractivity contribution is 7.11. The number of likely N-dealkylation sites (N-methyl/N-ethyl adjacent to an activating group) is 1. The van der Waals surface area contributed by atoms with Crippen molar-refractivity contribution in [3.8, 4) is 0 Å². The first-order chi connectivity index (χ1) is 13.7. The molecule has 0 fully saturated rings. The van der Waals surface area contributed by atoms with Gasteiger partial charge in [-0.25, -0.2) is 4.79 Å². The molecule has 0 aliphatic carbocycles. The van der Waals surface area contributed by atoms with Crippen LogP contribution >= 0.6 is 11.3 Å². The Morgan fingerprint density at radius 3 is 2.69 bits per heavy atom. The number of carbonyl (C=O) groups excluding carboxylic acids is 1. The Balaban J connectivity index is 1.94. The lowest BCUT2D eigenvalue weighted by molar-refractivity contribution is 0.213. The summed E-state index contributed by atoms with van der Waals surface area (Å²) in [6, 6.07) is 3.89. The van der Waals surface area contributed by atoms with Gasteiger partial charge in [0.05, 0.1) is 11.4 Å². The number of rotatable bonds is 7. The van der Waals surface area contributed by atoms with Crippen LogP contribution in [0.5, 0.6) is 0 Å². The van der Waals surface area contributed by atoms with Gasteiger partial charge in [0, 0.05) is 24.5 Å². The highest BCUT2D eigenvalue weighted by Gasteiger charge is 2.23. The minimum absolute atomic E-state index is 0.182. The predicted octanol–water partition coefficient (Wildman–Crippen LogP) is 4.36. The molecule has 3 N–H and O–H groups in total. The van der Waals surface area contributed by atoms with Crippen molar-refractivity contribution in [2.45, 2.75) is 20.8 Å². The number of carbonyl (C=O) groups is 1. The van der Waals surface area contributed by atoms with E-state index in [9.17, 15) is 4.79 Å². The minimum Gasteiger partial charge on any atom is -0.397 e. The quantitative estimate of drug-likeness (QED) is 0.654. The van der Waals surface area contributed by atoms with Crippen molar-refractivity contribution >= 4 is 22.9 Å². The van der Waals surface area contributed by atoms with Crippen LogP contribution in [0.25, 0.3) is 5.57 Å². The minimum atomic E-state index is -0.182. The molecule has 29 heavy (non-hydrogen) atoms. The number of nitrogens with one attached hydrogen (secondary N) is 1. The van der Waals surface area contributed by atoms with E-state index in [1.165, 1.54) is 21.6 Å². The largest absolute Gasteiger partial charge is 0.397 e. The van der Waals surface area contributed by atoms with Crippen molar-refractivity contribution in [1.82, 2.24) is 15.1 Å². The molecule has 0 saturated heterocycles. The zero-order chi connectivity index (χ0) is 21.6. The van der Waals surface area contributed by atoms with E-state index in [0.29, 0.717) is 24.5 Å². The molecule has 0 spiro atoms. The van der Waals surface area contributed by atoms with Crippen molar-refractivity contribution < 1.29 is 4.79 Å². The number of urea groups is 1.